The van der Waals surface area contributed by atoms with E-state index in [1.807, 2.05) is 0 Å². The summed E-state index contributed by atoms with van der Waals surface area (Å²) in [5, 5.41) is 5.34. The molecule has 2 saturated carbocycles. The third kappa shape index (κ3) is 6.67. The van der Waals surface area contributed by atoms with Crippen molar-refractivity contribution in [3.63, 3.8) is 0 Å². The molecule has 0 radical (unpaired) electrons. The molecule has 2 aliphatic carbocycles. The van der Waals surface area contributed by atoms with Crippen molar-refractivity contribution in [2.45, 2.75) is 76.0 Å². The molecule has 75 heavy (non-hydrogen) atoms. The Morgan fingerprint density at radius 2 is 0.800 bits per heavy atom. The van der Waals surface area contributed by atoms with E-state index in [2.05, 4.69) is 196 Å². The quantitative estimate of drug-likeness (QED) is 0.150. The Labute approximate surface area is 437 Å². The van der Waals surface area contributed by atoms with Crippen LogP contribution in [-0.2, 0) is 0 Å². The molecule has 2 aliphatic heterocycles. The summed E-state index contributed by atoms with van der Waals surface area (Å²) in [6.07, 6.45) is 16.0. The largest absolute Gasteiger partial charge is 0.310 e. The second-order valence-corrected chi connectivity index (χ2v) is 22.0. The van der Waals surface area contributed by atoms with Gasteiger partial charge < -0.3 is 9.13 Å². The highest BCUT2D eigenvalue weighted by Gasteiger charge is 2.43. The Kier molecular flexibility index (Phi) is 9.83. The number of fused-ring (bicyclic) bond motifs is 10. The van der Waals surface area contributed by atoms with Gasteiger partial charge in [-0.1, -0.05) is 172 Å². The Hall–Kier alpha value is -8.35. The molecule has 0 atom stereocenters. The van der Waals surface area contributed by atoms with Crippen LogP contribution in [0.4, 0.5) is 0 Å². The van der Waals surface area contributed by atoms with E-state index in [4.69, 9.17) is 9.97 Å². The van der Waals surface area contributed by atoms with Gasteiger partial charge in [0, 0.05) is 49.5 Å². The summed E-state index contributed by atoms with van der Waals surface area (Å²) in [5.41, 5.74) is 25.5. The van der Waals surface area contributed by atoms with E-state index >= 15 is 0 Å². The molecule has 0 saturated heterocycles. The molecule has 4 aliphatic rings. The summed E-state index contributed by atoms with van der Waals surface area (Å²) in [6.45, 7) is -0.0179. The number of benzene rings is 9. The molecule has 0 N–H and O–H groups in total. The molecule has 0 amide bonds. The lowest BCUT2D eigenvalue weighted by Gasteiger charge is -2.35. The van der Waals surface area contributed by atoms with Crippen LogP contribution in [0.15, 0.2) is 195 Å². The first-order valence-corrected chi connectivity index (χ1v) is 27.6. The fraction of sp³-hybridized carbons (Fsp3) is 0.174. The third-order valence-electron chi connectivity index (χ3n) is 17.8. The molecule has 5 nitrogen and oxygen atoms in total. The Morgan fingerprint density at radius 3 is 1.23 bits per heavy atom. The normalized spacial score (nSPS) is 15.3. The molecule has 6 heteroatoms. The predicted molar refractivity (Wildman–Crippen MR) is 312 cm³/mol. The van der Waals surface area contributed by atoms with Crippen LogP contribution >= 0.6 is 0 Å². The average molecular weight is 964 g/mol. The van der Waals surface area contributed by atoms with Crippen molar-refractivity contribution in [1.29, 1.82) is 0 Å². The van der Waals surface area contributed by atoms with Crippen molar-refractivity contribution in [2.75, 3.05) is 0 Å². The molecule has 12 aromatic rings. The minimum Gasteiger partial charge on any atom is -0.310 e. The smallest absolute Gasteiger partial charge is 0.252 e. The Balaban J connectivity index is 1.12. The highest BCUT2D eigenvalue weighted by molar-refractivity contribution is 7.00. The van der Waals surface area contributed by atoms with Crippen molar-refractivity contribution in [3.05, 3.63) is 206 Å². The summed E-state index contributed by atoms with van der Waals surface area (Å²) in [7, 11) is 0. The van der Waals surface area contributed by atoms with Crippen LogP contribution in [0.2, 0.25) is 0 Å². The maximum absolute atomic E-state index is 4.90. The minimum atomic E-state index is -0.0179. The maximum atomic E-state index is 4.90. The summed E-state index contributed by atoms with van der Waals surface area (Å²) in [6, 6.07) is 69.7. The third-order valence-corrected chi connectivity index (χ3v) is 17.8. The van der Waals surface area contributed by atoms with Gasteiger partial charge >= 0.3 is 0 Å². The zero-order chi connectivity index (χ0) is 49.1. The second kappa shape index (κ2) is 17.1. The van der Waals surface area contributed by atoms with Gasteiger partial charge in [-0.3, -0.25) is 0 Å². The van der Waals surface area contributed by atoms with Crippen LogP contribution in [0.1, 0.15) is 87.2 Å². The molecule has 0 spiro atoms. The summed E-state index contributed by atoms with van der Waals surface area (Å²) >= 11 is 0. The lowest BCUT2D eigenvalue weighted by Crippen LogP contribution is -2.59. The van der Waals surface area contributed by atoms with Gasteiger partial charge in [-0.15, -0.1) is 0 Å². The van der Waals surface area contributed by atoms with E-state index in [1.54, 1.807) is 12.7 Å². The van der Waals surface area contributed by atoms with Crippen molar-refractivity contribution in [1.82, 2.24) is 24.1 Å². The fourth-order valence-corrected chi connectivity index (χ4v) is 14.5. The van der Waals surface area contributed by atoms with Gasteiger partial charge in [0.15, 0.2) is 5.82 Å². The zero-order valence-electron chi connectivity index (χ0n) is 42.0. The van der Waals surface area contributed by atoms with Gasteiger partial charge in [-0.05, 0) is 158 Å². The highest BCUT2D eigenvalue weighted by Crippen LogP contribution is 2.49. The summed E-state index contributed by atoms with van der Waals surface area (Å²) in [5.74, 6) is 1.70. The molecule has 0 bridgehead atoms. The van der Waals surface area contributed by atoms with Crippen LogP contribution in [0, 0.1) is 0 Å². The summed E-state index contributed by atoms with van der Waals surface area (Å²) < 4.78 is 5.35. The van der Waals surface area contributed by atoms with Crippen molar-refractivity contribution >= 4 is 66.7 Å². The summed E-state index contributed by atoms with van der Waals surface area (Å²) in [4.78, 5) is 14.1. The molecule has 0 unspecified atom stereocenters. The van der Waals surface area contributed by atoms with Crippen LogP contribution in [0.5, 0.6) is 0 Å². The Bertz CT molecular complexity index is 3980. The van der Waals surface area contributed by atoms with Gasteiger partial charge in [0.05, 0.1) is 11.0 Å². The topological polar surface area (TPSA) is 48.5 Å². The van der Waals surface area contributed by atoms with Crippen LogP contribution < -0.4 is 16.4 Å². The van der Waals surface area contributed by atoms with Crippen molar-refractivity contribution < 1.29 is 0 Å². The van der Waals surface area contributed by atoms with Crippen molar-refractivity contribution in [3.8, 4) is 67.3 Å². The average Bonchev–Trinajstić information content (AvgIpc) is 4.21. The molecule has 9 aromatic carbocycles. The number of nitrogens with zero attached hydrogens (tertiary/aromatic N) is 5. The van der Waals surface area contributed by atoms with Gasteiger partial charge in [-0.2, -0.15) is 0 Å². The second-order valence-electron chi connectivity index (χ2n) is 22.0. The van der Waals surface area contributed by atoms with Gasteiger partial charge in [0.2, 0.25) is 0 Å². The van der Waals surface area contributed by atoms with E-state index in [9.17, 15) is 0 Å². The molecular formula is C69H54BN5. The van der Waals surface area contributed by atoms with E-state index in [-0.39, 0.29) is 6.71 Å². The van der Waals surface area contributed by atoms with Gasteiger partial charge in [-0.25, -0.2) is 15.0 Å². The van der Waals surface area contributed by atoms with Gasteiger partial charge in [0.1, 0.15) is 12.7 Å². The molecule has 5 heterocycles. The SMILES string of the molecule is c1ccc(-c2cc(-c3ccccc3)c3c4cc(C5CCCCC5)cc5c4n(c3c2)-c2cc(-c3ncncn3)cc3c2B5c2cc(C4CCCCC4)cc4c5c(-c6ccccc6)cc(-c6ccccc6)cc5n-3c24)cc1. The molecular weight excluding hydrogens is 910 g/mol. The van der Waals surface area contributed by atoms with Gasteiger partial charge in [0.25, 0.3) is 6.71 Å². The predicted octanol–water partition coefficient (Wildman–Crippen LogP) is 15.6. The monoisotopic (exact) mass is 963 g/mol. The Morgan fingerprint density at radius 1 is 0.387 bits per heavy atom. The standard InChI is InChI=1S/C69H54BN5/c1-7-19-43(20-8-1)49-33-56-64-54(47-27-15-5-16-28-47)31-51(45-23-11-3-12-24-45)37-60(64)74-62-39-53(69-72-41-71-42-73-69)40-63-66(62)70(58(35-49)67(56)74)59-36-50(44-21-9-2-10-22-44)34-57-65-55(48-29-17-6-18-30-48)32-52(46-25-13-4-14-26-46)38-61(65)75(63)68(57)59/h3-6,11-18,23-44H,1-2,7-10,19-22H2. The molecule has 16 rings (SSSR count). The lowest BCUT2D eigenvalue weighted by atomic mass is 9.34. The van der Waals surface area contributed by atoms with Crippen LogP contribution in [0.25, 0.3) is 111 Å². The first kappa shape index (κ1) is 43.1. The minimum absolute atomic E-state index is 0.0179. The lowest BCUT2D eigenvalue weighted by molar-refractivity contribution is 0.444. The first-order chi connectivity index (χ1) is 37.2. The number of aromatic nitrogens is 5. The molecule has 358 valence electrons. The maximum Gasteiger partial charge on any atom is 0.252 e. The van der Waals surface area contributed by atoms with E-state index in [1.165, 1.54) is 191 Å². The number of hydrogen-bond donors (Lipinski definition) is 0. The number of rotatable bonds is 7. The number of hydrogen-bond acceptors (Lipinski definition) is 3. The molecule has 2 fully saturated rings. The van der Waals surface area contributed by atoms with E-state index in [0.717, 1.165) is 5.56 Å². The fourth-order valence-electron chi connectivity index (χ4n) is 14.5. The van der Waals surface area contributed by atoms with Crippen molar-refractivity contribution in [2.24, 2.45) is 0 Å². The van der Waals surface area contributed by atoms with Crippen LogP contribution in [-0.4, -0.2) is 30.8 Å². The highest BCUT2D eigenvalue weighted by atomic mass is 15.0. The zero-order valence-corrected chi connectivity index (χ0v) is 42.0. The molecule has 3 aromatic heterocycles. The van der Waals surface area contributed by atoms with Crippen LogP contribution in [0.3, 0.4) is 0 Å². The first-order valence-electron chi connectivity index (χ1n) is 27.6. The van der Waals surface area contributed by atoms with E-state index < -0.39 is 0 Å². The van der Waals surface area contributed by atoms with E-state index in [0.29, 0.717) is 17.7 Å².